The maximum atomic E-state index is 12.5. The van der Waals surface area contributed by atoms with Crippen molar-refractivity contribution in [2.24, 2.45) is 5.92 Å². The van der Waals surface area contributed by atoms with Crippen molar-refractivity contribution < 1.29 is 13.2 Å². The summed E-state index contributed by atoms with van der Waals surface area (Å²) in [6, 6.07) is 3.30. The third-order valence-electron chi connectivity index (χ3n) is 2.71. The van der Waals surface area contributed by atoms with Crippen molar-refractivity contribution in [3.05, 3.63) is 35.8 Å². The fraction of sp³-hybridized carbons (Fsp3) is 0.462. The van der Waals surface area contributed by atoms with E-state index >= 15 is 0 Å². The Morgan fingerprint density at radius 3 is 2.52 bits per heavy atom. The number of nitrogens with zero attached hydrogens (tertiary/aromatic N) is 4. The van der Waals surface area contributed by atoms with Crippen LogP contribution in [0.4, 0.5) is 13.2 Å². The van der Waals surface area contributed by atoms with Gasteiger partial charge in [-0.3, -0.25) is 0 Å². The van der Waals surface area contributed by atoms with Crippen LogP contribution in [0.2, 0.25) is 0 Å². The molecule has 0 unspecified atom stereocenters. The molecule has 2 heterocycles. The maximum absolute atomic E-state index is 12.5. The lowest BCUT2D eigenvalue weighted by molar-refractivity contribution is -0.137. The van der Waals surface area contributed by atoms with Crippen LogP contribution in [0.1, 0.15) is 25.1 Å². The fourth-order valence-corrected chi connectivity index (χ4v) is 1.65. The minimum atomic E-state index is -4.41. The molecule has 2 aromatic heterocycles. The van der Waals surface area contributed by atoms with Crippen LogP contribution < -0.4 is 5.32 Å². The Hall–Kier alpha value is -1.96. The lowest BCUT2D eigenvalue weighted by Crippen LogP contribution is -2.20. The van der Waals surface area contributed by atoms with Gasteiger partial charge < -0.3 is 5.32 Å². The van der Waals surface area contributed by atoms with Crippen molar-refractivity contribution in [1.29, 1.82) is 0 Å². The van der Waals surface area contributed by atoms with E-state index in [1.807, 2.05) is 0 Å². The van der Waals surface area contributed by atoms with E-state index in [1.54, 1.807) is 12.1 Å². The van der Waals surface area contributed by atoms with E-state index in [0.29, 0.717) is 12.5 Å². The Kier molecular flexibility index (Phi) is 4.56. The highest BCUT2D eigenvalue weighted by Crippen LogP contribution is 2.28. The van der Waals surface area contributed by atoms with Crippen LogP contribution in [0, 0.1) is 5.92 Å². The number of halogens is 3. The number of nitrogens with one attached hydrogen (secondary N) is 1. The van der Waals surface area contributed by atoms with Gasteiger partial charge in [-0.25, -0.2) is 4.68 Å². The highest BCUT2D eigenvalue weighted by atomic mass is 19.4. The monoisotopic (exact) mass is 299 g/mol. The van der Waals surface area contributed by atoms with Crippen molar-refractivity contribution in [3.63, 3.8) is 0 Å². The molecule has 5 nitrogen and oxygen atoms in total. The van der Waals surface area contributed by atoms with E-state index in [-0.39, 0.29) is 5.82 Å². The molecule has 0 amide bonds. The van der Waals surface area contributed by atoms with Gasteiger partial charge in [0.25, 0.3) is 0 Å². The van der Waals surface area contributed by atoms with Gasteiger partial charge in [0.2, 0.25) is 0 Å². The zero-order valence-electron chi connectivity index (χ0n) is 11.7. The van der Waals surface area contributed by atoms with E-state index in [9.17, 15) is 13.2 Å². The Bertz CT molecular complexity index is 574. The van der Waals surface area contributed by atoms with Crippen LogP contribution in [0.15, 0.2) is 24.5 Å². The molecule has 1 N–H and O–H groups in total. The quantitative estimate of drug-likeness (QED) is 0.921. The zero-order valence-corrected chi connectivity index (χ0v) is 11.7. The van der Waals surface area contributed by atoms with Crippen molar-refractivity contribution >= 4 is 0 Å². The van der Waals surface area contributed by atoms with E-state index in [0.717, 1.165) is 29.3 Å². The summed E-state index contributed by atoms with van der Waals surface area (Å²) in [7, 11) is 0. The Morgan fingerprint density at radius 1 is 1.24 bits per heavy atom. The number of hydrogen-bond donors (Lipinski definition) is 1. The number of aromatic nitrogens is 4. The third-order valence-corrected chi connectivity index (χ3v) is 2.71. The van der Waals surface area contributed by atoms with Crippen LogP contribution in [-0.2, 0) is 12.7 Å². The smallest absolute Gasteiger partial charge is 0.311 e. The molecule has 0 saturated carbocycles. The van der Waals surface area contributed by atoms with Crippen LogP contribution in [0.3, 0.4) is 0 Å². The average Bonchev–Trinajstić information content (AvgIpc) is 2.88. The largest absolute Gasteiger partial charge is 0.419 e. The fourth-order valence-electron chi connectivity index (χ4n) is 1.65. The van der Waals surface area contributed by atoms with Gasteiger partial charge in [-0.15, -0.1) is 5.10 Å². The van der Waals surface area contributed by atoms with Crippen molar-refractivity contribution in [1.82, 2.24) is 25.3 Å². The number of rotatable bonds is 5. The Balaban J connectivity index is 2.03. The molecule has 0 bridgehead atoms. The minimum absolute atomic E-state index is 0.248. The van der Waals surface area contributed by atoms with Crippen LogP contribution >= 0.6 is 0 Å². The Labute approximate surface area is 120 Å². The second kappa shape index (κ2) is 6.21. The molecule has 0 aliphatic carbocycles. The molecule has 0 saturated heterocycles. The van der Waals surface area contributed by atoms with Gasteiger partial charge in [0.1, 0.15) is 0 Å². The lowest BCUT2D eigenvalue weighted by Gasteiger charge is -2.06. The lowest BCUT2D eigenvalue weighted by atomic mass is 10.2. The zero-order chi connectivity index (χ0) is 15.5. The van der Waals surface area contributed by atoms with Gasteiger partial charge >= 0.3 is 6.18 Å². The first-order valence-electron chi connectivity index (χ1n) is 6.52. The minimum Gasteiger partial charge on any atom is -0.311 e. The van der Waals surface area contributed by atoms with Gasteiger partial charge in [0.15, 0.2) is 5.82 Å². The van der Waals surface area contributed by atoms with Gasteiger partial charge in [0, 0.05) is 12.7 Å². The predicted octanol–water partition coefficient (Wildman–Crippen LogP) is 2.43. The molecule has 114 valence electrons. The Morgan fingerprint density at radius 2 is 2.00 bits per heavy atom. The van der Waals surface area contributed by atoms with Crippen LogP contribution in [0.5, 0.6) is 0 Å². The first-order chi connectivity index (χ1) is 9.86. The average molecular weight is 299 g/mol. The highest BCUT2D eigenvalue weighted by Gasteiger charge is 2.32. The summed E-state index contributed by atoms with van der Waals surface area (Å²) in [5.41, 5.74) is -0.0884. The topological polar surface area (TPSA) is 55.6 Å². The molecule has 2 aromatic rings. The first kappa shape index (κ1) is 15.4. The molecule has 0 aromatic carbocycles. The van der Waals surface area contributed by atoms with Crippen molar-refractivity contribution in [2.45, 2.75) is 26.6 Å². The highest BCUT2D eigenvalue weighted by molar-refractivity contribution is 5.23. The first-order valence-corrected chi connectivity index (χ1v) is 6.52. The summed E-state index contributed by atoms with van der Waals surface area (Å²) >= 11 is 0. The van der Waals surface area contributed by atoms with Crippen LogP contribution in [0.25, 0.3) is 5.82 Å². The van der Waals surface area contributed by atoms with Crippen LogP contribution in [-0.4, -0.2) is 26.5 Å². The molecule has 0 spiro atoms. The number of hydrogen-bond acceptors (Lipinski definition) is 4. The third kappa shape index (κ3) is 4.25. The predicted molar refractivity (Wildman–Crippen MR) is 70.7 cm³/mol. The molecule has 0 radical (unpaired) electrons. The molecule has 0 aliphatic heterocycles. The molecule has 0 atom stereocenters. The van der Waals surface area contributed by atoms with Gasteiger partial charge in [-0.1, -0.05) is 13.8 Å². The second-order valence-corrected chi connectivity index (χ2v) is 5.08. The summed E-state index contributed by atoms with van der Waals surface area (Å²) in [6.45, 7) is 5.62. The van der Waals surface area contributed by atoms with Gasteiger partial charge in [0.05, 0.1) is 17.5 Å². The molecule has 21 heavy (non-hydrogen) atoms. The van der Waals surface area contributed by atoms with E-state index < -0.39 is 11.7 Å². The number of alkyl halides is 3. The van der Waals surface area contributed by atoms with E-state index in [2.05, 4.69) is 34.5 Å². The summed E-state index contributed by atoms with van der Waals surface area (Å²) in [5.74, 6) is 0.778. The maximum Gasteiger partial charge on any atom is 0.419 e. The van der Waals surface area contributed by atoms with Gasteiger partial charge in [-0.2, -0.15) is 23.4 Å². The summed E-state index contributed by atoms with van der Waals surface area (Å²) in [4.78, 5) is 0. The summed E-state index contributed by atoms with van der Waals surface area (Å²) in [6.07, 6.45) is -2.76. The SMILES string of the molecule is CC(C)CNCc1ccc(-n2cc(C(F)(F)F)cn2)nn1. The second-order valence-electron chi connectivity index (χ2n) is 5.08. The van der Waals surface area contributed by atoms with Crippen molar-refractivity contribution in [3.8, 4) is 5.82 Å². The molecule has 0 fully saturated rings. The molecule has 8 heteroatoms. The molecule has 0 aliphatic rings. The summed E-state index contributed by atoms with van der Waals surface area (Å²) < 4.78 is 38.5. The normalized spacial score (nSPS) is 12.1. The molecule has 2 rings (SSSR count). The van der Waals surface area contributed by atoms with E-state index in [4.69, 9.17) is 0 Å². The summed E-state index contributed by atoms with van der Waals surface area (Å²) in [5, 5.41) is 14.7. The van der Waals surface area contributed by atoms with E-state index in [1.165, 1.54) is 0 Å². The van der Waals surface area contributed by atoms with Crippen molar-refractivity contribution in [2.75, 3.05) is 6.54 Å². The molecular weight excluding hydrogens is 283 g/mol. The molecular formula is C13H16F3N5. The standard InChI is InChI=1S/C13H16F3N5/c1-9(2)5-17-7-11-3-4-12(20-19-11)21-8-10(6-18-21)13(14,15)16/h3-4,6,8-9,17H,5,7H2,1-2H3. The van der Waals surface area contributed by atoms with Gasteiger partial charge in [-0.05, 0) is 24.6 Å².